The van der Waals surface area contributed by atoms with Gasteiger partial charge in [0, 0.05) is 56.0 Å². The van der Waals surface area contributed by atoms with Gasteiger partial charge in [-0.05, 0) is 58.7 Å². The largest absolute Gasteiger partial charge is 0.440 e. The normalized spacial score (nSPS) is 14.3. The molecule has 0 atom stereocenters. The Kier molecular flexibility index (Phi) is 6.65. The number of anilines is 3. The molecule has 0 fully saturated rings. The van der Waals surface area contributed by atoms with E-state index in [1.54, 1.807) is 0 Å². The predicted octanol–water partition coefficient (Wildman–Crippen LogP) is 6.67. The zero-order chi connectivity index (χ0) is 26.3. The minimum absolute atomic E-state index is 0.241. The van der Waals surface area contributed by atoms with Crippen molar-refractivity contribution in [3.05, 3.63) is 76.9 Å². The molecule has 1 spiro atoms. The van der Waals surface area contributed by atoms with Crippen molar-refractivity contribution >= 4 is 23.0 Å². The van der Waals surface area contributed by atoms with E-state index in [0.717, 1.165) is 78.5 Å². The zero-order valence-electron chi connectivity index (χ0n) is 23.1. The Morgan fingerprint density at radius 3 is 1.57 bits per heavy atom. The van der Waals surface area contributed by atoms with E-state index >= 15 is 0 Å². The average molecular weight is 498 g/mol. The highest BCUT2D eigenvalue weighted by atomic mass is 16.6. The van der Waals surface area contributed by atoms with Crippen molar-refractivity contribution in [1.82, 2.24) is 0 Å². The lowest BCUT2D eigenvalue weighted by Crippen LogP contribution is -2.35. The molecular formula is C32H39N3O2. The molecule has 194 valence electrons. The van der Waals surface area contributed by atoms with Crippen molar-refractivity contribution in [2.24, 2.45) is 0 Å². The van der Waals surface area contributed by atoms with Gasteiger partial charge in [0.15, 0.2) is 5.60 Å². The first-order valence-electron chi connectivity index (χ1n) is 13.9. The van der Waals surface area contributed by atoms with E-state index < -0.39 is 5.60 Å². The van der Waals surface area contributed by atoms with Crippen LogP contribution in [0, 0.1) is 0 Å². The van der Waals surface area contributed by atoms with E-state index in [1.807, 2.05) is 0 Å². The van der Waals surface area contributed by atoms with Crippen LogP contribution in [0.1, 0.15) is 68.6 Å². The van der Waals surface area contributed by atoms with Crippen molar-refractivity contribution in [2.45, 2.75) is 47.1 Å². The fraction of sp³-hybridized carbons (Fsp3) is 0.406. The highest BCUT2D eigenvalue weighted by Crippen LogP contribution is 2.61. The van der Waals surface area contributed by atoms with E-state index in [4.69, 9.17) is 4.74 Å². The molecule has 0 amide bonds. The molecule has 0 saturated carbocycles. The molecule has 2 aliphatic rings. The Hall–Kier alpha value is -3.47. The van der Waals surface area contributed by atoms with Crippen molar-refractivity contribution < 1.29 is 9.53 Å². The Morgan fingerprint density at radius 1 is 0.622 bits per heavy atom. The van der Waals surface area contributed by atoms with E-state index in [0.29, 0.717) is 5.56 Å². The number of carbonyl (C=O) groups is 1. The lowest BCUT2D eigenvalue weighted by molar-refractivity contribution is 0.0265. The third-order valence-electron chi connectivity index (χ3n) is 8.24. The molecule has 3 aromatic rings. The first-order chi connectivity index (χ1) is 18.0. The van der Waals surface area contributed by atoms with Gasteiger partial charge in [-0.25, -0.2) is 4.79 Å². The Balaban J connectivity index is 1.98. The number of hydrogen-bond acceptors (Lipinski definition) is 5. The van der Waals surface area contributed by atoms with Gasteiger partial charge in [-0.1, -0.05) is 48.5 Å². The van der Waals surface area contributed by atoms with Gasteiger partial charge < -0.3 is 19.4 Å². The van der Waals surface area contributed by atoms with Crippen molar-refractivity contribution in [3.8, 4) is 11.1 Å². The molecule has 1 aliphatic heterocycles. The second-order valence-electron chi connectivity index (χ2n) is 9.69. The number of nitrogens with zero attached hydrogens (tertiary/aromatic N) is 3. The first kappa shape index (κ1) is 25.2. The Labute approximate surface area is 221 Å². The predicted molar refractivity (Wildman–Crippen MR) is 154 cm³/mol. The van der Waals surface area contributed by atoms with Gasteiger partial charge in [0.2, 0.25) is 0 Å². The summed E-state index contributed by atoms with van der Waals surface area (Å²) < 4.78 is 6.61. The second kappa shape index (κ2) is 9.77. The third kappa shape index (κ3) is 3.47. The number of benzene rings is 3. The van der Waals surface area contributed by atoms with Crippen LogP contribution in [0.4, 0.5) is 17.1 Å². The summed E-state index contributed by atoms with van der Waals surface area (Å²) in [5, 5.41) is 0. The molecular weight excluding hydrogens is 458 g/mol. The van der Waals surface area contributed by atoms with Gasteiger partial charge in [0.1, 0.15) is 0 Å². The van der Waals surface area contributed by atoms with Crippen molar-refractivity contribution in [1.29, 1.82) is 0 Å². The van der Waals surface area contributed by atoms with Gasteiger partial charge in [-0.15, -0.1) is 0 Å². The van der Waals surface area contributed by atoms with Crippen molar-refractivity contribution in [3.63, 3.8) is 0 Å². The molecule has 37 heavy (non-hydrogen) atoms. The van der Waals surface area contributed by atoms with Gasteiger partial charge >= 0.3 is 5.97 Å². The first-order valence-corrected chi connectivity index (χ1v) is 13.9. The number of rotatable bonds is 9. The molecule has 0 N–H and O–H groups in total. The molecule has 0 unspecified atom stereocenters. The highest BCUT2D eigenvalue weighted by molar-refractivity contribution is 6.06. The quantitative estimate of drug-likeness (QED) is 0.309. The molecule has 5 rings (SSSR count). The number of esters is 1. The summed E-state index contributed by atoms with van der Waals surface area (Å²) in [6, 6.07) is 19.0. The van der Waals surface area contributed by atoms with Crippen LogP contribution in [0.25, 0.3) is 11.1 Å². The minimum atomic E-state index is -0.957. The summed E-state index contributed by atoms with van der Waals surface area (Å²) >= 11 is 0. The lowest BCUT2D eigenvalue weighted by atomic mass is 9.81. The van der Waals surface area contributed by atoms with Crippen LogP contribution in [0.2, 0.25) is 0 Å². The lowest BCUT2D eigenvalue weighted by Gasteiger charge is -2.39. The third-order valence-corrected chi connectivity index (χ3v) is 8.24. The average Bonchev–Trinajstić information content (AvgIpc) is 3.39. The fourth-order valence-corrected chi connectivity index (χ4v) is 6.49. The molecule has 0 radical (unpaired) electrons. The molecule has 3 aromatic carbocycles. The van der Waals surface area contributed by atoms with Crippen LogP contribution < -0.4 is 14.7 Å². The summed E-state index contributed by atoms with van der Waals surface area (Å²) in [4.78, 5) is 21.1. The van der Waals surface area contributed by atoms with Gasteiger partial charge in [0.25, 0.3) is 0 Å². The Bertz CT molecular complexity index is 1270. The van der Waals surface area contributed by atoms with Crippen LogP contribution in [-0.4, -0.2) is 45.2 Å². The van der Waals surface area contributed by atoms with E-state index in [2.05, 4.69) is 111 Å². The summed E-state index contributed by atoms with van der Waals surface area (Å²) in [5.74, 6) is -0.241. The molecule has 5 heteroatoms. The highest BCUT2D eigenvalue weighted by Gasteiger charge is 2.56. The van der Waals surface area contributed by atoms with E-state index in [9.17, 15) is 4.79 Å². The van der Waals surface area contributed by atoms with Gasteiger partial charge in [-0.3, -0.25) is 0 Å². The number of ether oxygens (including phenoxy) is 1. The molecule has 0 aromatic heterocycles. The maximum Gasteiger partial charge on any atom is 0.340 e. The number of fused-ring (bicyclic) bond motifs is 7. The van der Waals surface area contributed by atoms with Gasteiger partial charge in [0.05, 0.1) is 22.6 Å². The topological polar surface area (TPSA) is 36.0 Å². The van der Waals surface area contributed by atoms with Crippen LogP contribution in [0.5, 0.6) is 0 Å². The van der Waals surface area contributed by atoms with Crippen LogP contribution >= 0.6 is 0 Å². The minimum Gasteiger partial charge on any atom is -0.440 e. The van der Waals surface area contributed by atoms with Crippen LogP contribution in [0.3, 0.4) is 0 Å². The zero-order valence-corrected chi connectivity index (χ0v) is 23.1. The summed E-state index contributed by atoms with van der Waals surface area (Å²) in [5.41, 5.74) is 8.56. The summed E-state index contributed by atoms with van der Waals surface area (Å²) in [7, 11) is 0. The van der Waals surface area contributed by atoms with Crippen LogP contribution in [-0.2, 0) is 10.3 Å². The molecule has 1 aliphatic carbocycles. The maximum atomic E-state index is 13.9. The standard InChI is InChI=1S/C32H39N3O2/c1-7-33(8-2)27-21-24-28(30(35(11-5)12-6)29(27)34(9-3)10-4)32(37-31(24)36)25-19-15-13-17-22(25)23-18-14-16-20-26(23)32/h13-21H,7-12H2,1-6H3. The van der Waals surface area contributed by atoms with Crippen molar-refractivity contribution in [2.75, 3.05) is 54.0 Å². The van der Waals surface area contributed by atoms with E-state index in [-0.39, 0.29) is 5.97 Å². The number of hydrogen-bond donors (Lipinski definition) is 0. The SMILES string of the molecule is CCN(CC)c1cc2c(c(N(CC)CC)c1N(CC)CC)C1(OC2=O)c2ccccc2-c2ccccc21. The van der Waals surface area contributed by atoms with E-state index in [1.165, 1.54) is 5.69 Å². The number of carbonyl (C=O) groups excluding carboxylic acids is 1. The molecule has 0 saturated heterocycles. The fourth-order valence-electron chi connectivity index (χ4n) is 6.49. The molecule has 0 bridgehead atoms. The second-order valence-corrected chi connectivity index (χ2v) is 9.69. The van der Waals surface area contributed by atoms with Gasteiger partial charge in [-0.2, -0.15) is 0 Å². The Morgan fingerprint density at radius 2 is 1.08 bits per heavy atom. The molecule has 1 heterocycles. The smallest absolute Gasteiger partial charge is 0.340 e. The maximum absolute atomic E-state index is 13.9. The summed E-state index contributed by atoms with van der Waals surface area (Å²) in [6.07, 6.45) is 0. The summed E-state index contributed by atoms with van der Waals surface area (Å²) in [6.45, 7) is 18.4. The molecule has 5 nitrogen and oxygen atoms in total. The monoisotopic (exact) mass is 497 g/mol. The van der Waals surface area contributed by atoms with Crippen LogP contribution in [0.15, 0.2) is 54.6 Å².